The Bertz CT molecular complexity index is 4230. The Morgan fingerprint density at radius 3 is 1.13 bits per heavy atom. The van der Waals surface area contributed by atoms with Gasteiger partial charge in [0.2, 0.25) is 0 Å². The van der Waals surface area contributed by atoms with Crippen molar-refractivity contribution >= 4 is 15.9 Å². The molecule has 0 unspecified atom stereocenters. The van der Waals surface area contributed by atoms with Crippen molar-refractivity contribution in [1.82, 2.24) is 15.0 Å². The van der Waals surface area contributed by atoms with Crippen molar-refractivity contribution in [2.45, 2.75) is 6.92 Å². The molecule has 0 saturated carbocycles. The quantitative estimate of drug-likeness (QED) is 0.114. The molecule has 0 amide bonds. The summed E-state index contributed by atoms with van der Waals surface area (Å²) in [6.45, 7) is 2.06. The van der Waals surface area contributed by atoms with Gasteiger partial charge in [-0.2, -0.15) is 0 Å². The number of halogens is 2. The van der Waals surface area contributed by atoms with Crippen LogP contribution in [0.15, 0.2) is 278 Å². The van der Waals surface area contributed by atoms with Crippen LogP contribution in [0.3, 0.4) is 0 Å². The number of aryl methyl sites for hydroxylation is 1. The second-order valence-corrected chi connectivity index (χ2v) is 20.8. The second kappa shape index (κ2) is 23.8. The average Bonchev–Trinajstić information content (AvgIpc) is 3.70. The van der Waals surface area contributed by atoms with Crippen molar-refractivity contribution in [2.75, 3.05) is 0 Å². The molecular weight excluding hydrogens is 1250 g/mol. The van der Waals surface area contributed by atoms with Crippen LogP contribution in [0.25, 0.3) is 134 Å². The summed E-state index contributed by atoms with van der Waals surface area (Å²) in [7, 11) is 0. The molecule has 13 rings (SSSR count). The summed E-state index contributed by atoms with van der Waals surface area (Å²) in [6.07, 6.45) is 5.52. The molecule has 0 aliphatic rings. The Morgan fingerprint density at radius 2 is 0.707 bits per heavy atom. The van der Waals surface area contributed by atoms with Crippen LogP contribution in [0.4, 0.5) is 4.39 Å². The van der Waals surface area contributed by atoms with Crippen LogP contribution in [-0.2, 0) is 20.1 Å². The first kappa shape index (κ1) is 53.4. The van der Waals surface area contributed by atoms with Gasteiger partial charge in [0.25, 0.3) is 0 Å². The van der Waals surface area contributed by atoms with Crippen molar-refractivity contribution in [3.05, 3.63) is 307 Å². The molecule has 390 valence electrons. The van der Waals surface area contributed by atoms with E-state index in [1.54, 1.807) is 12.1 Å². The molecule has 3 heterocycles. The summed E-state index contributed by atoms with van der Waals surface area (Å²) in [4.78, 5) is 14.3. The zero-order chi connectivity index (χ0) is 54.7. The minimum absolute atomic E-state index is 0. The van der Waals surface area contributed by atoms with E-state index in [0.717, 1.165) is 144 Å². The van der Waals surface area contributed by atoms with Crippen LogP contribution in [0, 0.1) is 30.9 Å². The van der Waals surface area contributed by atoms with Gasteiger partial charge >= 0.3 is 20.1 Å². The van der Waals surface area contributed by atoms with Crippen LogP contribution in [0.5, 0.6) is 0 Å². The maximum absolute atomic E-state index is 13.8. The van der Waals surface area contributed by atoms with Crippen molar-refractivity contribution in [1.29, 1.82) is 0 Å². The van der Waals surface area contributed by atoms with Crippen molar-refractivity contribution in [3.8, 4) is 134 Å². The molecule has 6 heteroatoms. The zero-order valence-corrected chi connectivity index (χ0v) is 48.4. The number of nitrogens with zero attached hydrogens (tertiary/aromatic N) is 3. The fourth-order valence-corrected chi connectivity index (χ4v) is 11.5. The number of aromatic nitrogens is 3. The average molecular weight is 1290 g/mol. The van der Waals surface area contributed by atoms with Crippen LogP contribution >= 0.6 is 15.9 Å². The Morgan fingerprint density at radius 1 is 0.317 bits per heavy atom. The van der Waals surface area contributed by atoms with E-state index in [4.69, 9.17) is 15.0 Å². The molecule has 10 aromatic carbocycles. The van der Waals surface area contributed by atoms with Crippen molar-refractivity contribution in [2.24, 2.45) is 0 Å². The van der Waals surface area contributed by atoms with Gasteiger partial charge in [-0.15, -0.1) is 71.3 Å². The first-order valence-electron chi connectivity index (χ1n) is 26.8. The molecule has 0 aliphatic carbocycles. The number of rotatable bonds is 12. The van der Waals surface area contributed by atoms with Crippen LogP contribution in [0.1, 0.15) is 5.56 Å². The fourth-order valence-electron chi connectivity index (χ4n) is 10.9. The van der Waals surface area contributed by atoms with E-state index in [0.29, 0.717) is 0 Å². The summed E-state index contributed by atoms with van der Waals surface area (Å²) in [6, 6.07) is 98.6. The van der Waals surface area contributed by atoms with E-state index in [2.05, 4.69) is 235 Å². The van der Waals surface area contributed by atoms with E-state index in [1.165, 1.54) is 12.1 Å². The van der Waals surface area contributed by atoms with Gasteiger partial charge in [-0.25, -0.2) is 4.39 Å². The van der Waals surface area contributed by atoms with Gasteiger partial charge in [0.15, 0.2) is 0 Å². The van der Waals surface area contributed by atoms with Gasteiger partial charge in [0.05, 0.1) is 0 Å². The molecule has 3 aromatic heterocycles. The Labute approximate surface area is 500 Å². The van der Waals surface area contributed by atoms with Gasteiger partial charge in [0.1, 0.15) is 5.82 Å². The van der Waals surface area contributed by atoms with Gasteiger partial charge in [-0.1, -0.05) is 241 Å². The third kappa shape index (κ3) is 10.9. The molecule has 82 heavy (non-hydrogen) atoms. The molecule has 0 bridgehead atoms. The molecule has 0 aliphatic heterocycles. The maximum atomic E-state index is 13.8. The number of hydrogen-bond donors (Lipinski definition) is 0. The zero-order valence-electron chi connectivity index (χ0n) is 44.4. The molecule has 0 spiro atoms. The van der Waals surface area contributed by atoms with Crippen LogP contribution < -0.4 is 0 Å². The SMILES string of the molecule is Cc1cc(-c2[c-]cc(-c3ccccc3-c3cc(-c4ccccc4-c4c[c-]c(-c5ccccn5)cc4-c4ccccc4)cc(-c4ccccc4-c4c[c-]c(-c5ccccn5)cc4-c4ccccc4)c3)c(Br)c2)ncc1-c1ccc(F)cc1.[Ir+3]. The Hall–Kier alpha value is -9.29. The summed E-state index contributed by atoms with van der Waals surface area (Å²) < 4.78 is 14.7. The third-order valence-corrected chi connectivity index (χ3v) is 15.6. The first-order valence-corrected chi connectivity index (χ1v) is 27.6. The van der Waals surface area contributed by atoms with E-state index in [9.17, 15) is 4.39 Å². The summed E-state index contributed by atoms with van der Waals surface area (Å²) >= 11 is 4.03. The fraction of sp³-hybridized carbons (Fsp3) is 0.0132. The summed E-state index contributed by atoms with van der Waals surface area (Å²) in [5.41, 5.74) is 25.3. The molecule has 0 N–H and O–H groups in total. The van der Waals surface area contributed by atoms with Gasteiger partial charge < -0.3 is 15.0 Å². The van der Waals surface area contributed by atoms with Crippen molar-refractivity contribution in [3.63, 3.8) is 0 Å². The third-order valence-electron chi connectivity index (χ3n) is 14.9. The van der Waals surface area contributed by atoms with E-state index >= 15 is 0 Å². The molecule has 0 radical (unpaired) electrons. The smallest absolute Gasteiger partial charge is 0.305 e. The van der Waals surface area contributed by atoms with E-state index < -0.39 is 0 Å². The largest absolute Gasteiger partial charge is 3.00 e. The number of benzene rings is 10. The summed E-state index contributed by atoms with van der Waals surface area (Å²) in [5, 5.41) is 0. The first-order chi connectivity index (χ1) is 39.9. The molecule has 0 atom stereocenters. The van der Waals surface area contributed by atoms with Gasteiger partial charge in [-0.05, 0) is 122 Å². The normalized spacial score (nSPS) is 11.0. The summed E-state index contributed by atoms with van der Waals surface area (Å²) in [5.74, 6) is -0.266. The van der Waals surface area contributed by atoms with Crippen molar-refractivity contribution < 1.29 is 24.5 Å². The minimum Gasteiger partial charge on any atom is -0.305 e. The topological polar surface area (TPSA) is 38.7 Å². The van der Waals surface area contributed by atoms with E-state index in [1.807, 2.05) is 55.0 Å². The Balaban J connectivity index is 0.00000665. The van der Waals surface area contributed by atoms with Gasteiger partial charge in [0, 0.05) is 24.2 Å². The maximum Gasteiger partial charge on any atom is 3.00 e. The minimum atomic E-state index is -0.266. The monoisotopic (exact) mass is 1290 g/mol. The number of pyridine rings is 3. The van der Waals surface area contributed by atoms with Crippen LogP contribution in [0.2, 0.25) is 0 Å². The molecule has 0 fully saturated rings. The van der Waals surface area contributed by atoms with Gasteiger partial charge in [-0.3, -0.25) is 0 Å². The number of hydrogen-bond acceptors (Lipinski definition) is 3. The second-order valence-electron chi connectivity index (χ2n) is 19.9. The predicted octanol–water partition coefficient (Wildman–Crippen LogP) is 20.5. The predicted molar refractivity (Wildman–Crippen MR) is 334 cm³/mol. The molecule has 3 nitrogen and oxygen atoms in total. The van der Waals surface area contributed by atoms with E-state index in [-0.39, 0.29) is 25.9 Å². The standard InChI is InChI=1S/C76H48BrFN3.Ir/c1-50-42-76(81-49-72(50)53-30-35-60(78)36-31-53)56-34-39-69(73(77)48-56)66-27-13-10-24-63(66)59-44-57(61-22-8-11-25-64(61)67-37-32-54(74-28-14-16-40-79-74)46-70(67)51-18-4-2-5-19-51)43-58(45-59)62-23-9-12-26-65(62)68-38-33-55(75-29-15-17-41-80-75)47-71(68)52-20-6-3-7-21-52;/h2-31,35-49H,1H3;/q-3;+3. The molecule has 13 aromatic rings. The van der Waals surface area contributed by atoms with Crippen LogP contribution in [-0.4, -0.2) is 15.0 Å². The Kier molecular flexibility index (Phi) is 15.5. The molecular formula is C76H48BrFIrN3. The molecule has 0 saturated heterocycles.